The largest absolute Gasteiger partial charge is 0.335 e. The molecule has 152 valence electrons. The average molecular weight is 399 g/mol. The average Bonchev–Trinajstić information content (AvgIpc) is 3.13. The Bertz CT molecular complexity index is 984. The number of aromatic nitrogens is 2. The maximum absolute atomic E-state index is 13.3. The second kappa shape index (κ2) is 6.68. The molecule has 0 spiro atoms. The lowest BCUT2D eigenvalue weighted by Crippen LogP contribution is -2.43. The number of urea groups is 1. The van der Waals surface area contributed by atoms with Crippen LogP contribution in [0.1, 0.15) is 24.2 Å². The minimum Gasteiger partial charge on any atom is -0.335 e. The number of benzene rings is 1. The first-order valence-electron chi connectivity index (χ1n) is 9.34. The number of anilines is 1. The standard InChI is InChI=1S/C20H22FN5O3/c1-20(2)11-24(17(27)13-8-22-23(3)9-13)10-16-18(28)26(19(29)25(16)12-20)15-6-4-14(21)5-7-15/h4-9,16H,10-12H2,1-3H3. The van der Waals surface area contributed by atoms with Crippen molar-refractivity contribution in [3.8, 4) is 0 Å². The van der Waals surface area contributed by atoms with Crippen molar-refractivity contribution < 1.29 is 18.8 Å². The Morgan fingerprint density at radius 1 is 1.17 bits per heavy atom. The summed E-state index contributed by atoms with van der Waals surface area (Å²) in [5.41, 5.74) is 0.336. The predicted molar refractivity (Wildman–Crippen MR) is 103 cm³/mol. The number of carbonyl (C=O) groups is 3. The molecule has 2 aromatic rings. The SMILES string of the molecule is Cn1cc(C(=O)N2CC3C(=O)N(c4ccc(F)cc4)C(=O)N3CC(C)(C)C2)cn1. The molecule has 9 heteroatoms. The molecule has 3 heterocycles. The first-order valence-corrected chi connectivity index (χ1v) is 9.34. The molecule has 0 bridgehead atoms. The van der Waals surface area contributed by atoms with E-state index in [1.165, 1.54) is 35.4 Å². The van der Waals surface area contributed by atoms with Crippen molar-refractivity contribution in [2.45, 2.75) is 19.9 Å². The van der Waals surface area contributed by atoms with Crippen molar-refractivity contribution in [1.29, 1.82) is 0 Å². The molecule has 0 radical (unpaired) electrons. The molecule has 29 heavy (non-hydrogen) atoms. The zero-order chi connectivity index (χ0) is 20.9. The van der Waals surface area contributed by atoms with Crippen LogP contribution in [0.3, 0.4) is 0 Å². The Hall–Kier alpha value is -3.23. The third kappa shape index (κ3) is 3.37. The minimum absolute atomic E-state index is 0.0967. The van der Waals surface area contributed by atoms with Gasteiger partial charge in [0.05, 0.1) is 24.0 Å². The highest BCUT2D eigenvalue weighted by Gasteiger charge is 2.50. The molecule has 1 aromatic carbocycles. The van der Waals surface area contributed by atoms with E-state index in [2.05, 4.69) is 5.10 Å². The van der Waals surface area contributed by atoms with Gasteiger partial charge in [-0.1, -0.05) is 13.8 Å². The van der Waals surface area contributed by atoms with E-state index in [9.17, 15) is 18.8 Å². The number of carbonyl (C=O) groups excluding carboxylic acids is 3. The summed E-state index contributed by atoms with van der Waals surface area (Å²) in [6, 6.07) is 4.00. The Morgan fingerprint density at radius 3 is 2.48 bits per heavy atom. The zero-order valence-corrected chi connectivity index (χ0v) is 16.5. The van der Waals surface area contributed by atoms with Gasteiger partial charge in [-0.05, 0) is 24.3 Å². The summed E-state index contributed by atoms with van der Waals surface area (Å²) in [6.45, 7) is 4.75. The van der Waals surface area contributed by atoms with Gasteiger partial charge < -0.3 is 9.80 Å². The fourth-order valence-electron chi connectivity index (χ4n) is 3.99. The van der Waals surface area contributed by atoms with E-state index in [1.807, 2.05) is 13.8 Å². The molecule has 0 N–H and O–H groups in total. The van der Waals surface area contributed by atoms with Crippen molar-refractivity contribution in [2.75, 3.05) is 24.5 Å². The number of imide groups is 1. The first-order chi connectivity index (χ1) is 13.7. The van der Waals surface area contributed by atoms with E-state index in [4.69, 9.17) is 0 Å². The molecule has 1 unspecified atom stereocenters. The van der Waals surface area contributed by atoms with Crippen LogP contribution in [0.4, 0.5) is 14.9 Å². The fourth-order valence-corrected chi connectivity index (χ4v) is 3.99. The summed E-state index contributed by atoms with van der Waals surface area (Å²) in [4.78, 5) is 43.4. The van der Waals surface area contributed by atoms with Gasteiger partial charge in [-0.15, -0.1) is 0 Å². The summed E-state index contributed by atoms with van der Waals surface area (Å²) in [5.74, 6) is -1.09. The molecule has 2 saturated heterocycles. The lowest BCUT2D eigenvalue weighted by molar-refractivity contribution is -0.119. The fraction of sp³-hybridized carbons (Fsp3) is 0.400. The van der Waals surface area contributed by atoms with E-state index in [0.717, 1.165) is 4.90 Å². The summed E-state index contributed by atoms with van der Waals surface area (Å²) in [7, 11) is 1.73. The van der Waals surface area contributed by atoms with Gasteiger partial charge in [-0.2, -0.15) is 5.10 Å². The van der Waals surface area contributed by atoms with Gasteiger partial charge in [0.1, 0.15) is 11.9 Å². The topological polar surface area (TPSA) is 78.8 Å². The molecule has 0 saturated carbocycles. The van der Waals surface area contributed by atoms with Gasteiger partial charge in [0.15, 0.2) is 0 Å². The molecule has 1 aromatic heterocycles. The van der Waals surface area contributed by atoms with Crippen LogP contribution < -0.4 is 4.90 Å². The van der Waals surface area contributed by atoms with Crippen LogP contribution >= 0.6 is 0 Å². The summed E-state index contributed by atoms with van der Waals surface area (Å²) >= 11 is 0. The molecule has 4 rings (SSSR count). The highest BCUT2D eigenvalue weighted by Crippen LogP contribution is 2.33. The van der Waals surface area contributed by atoms with Crippen LogP contribution in [-0.2, 0) is 11.8 Å². The minimum atomic E-state index is -0.782. The number of aryl methyl sites for hydroxylation is 1. The van der Waals surface area contributed by atoms with Gasteiger partial charge >= 0.3 is 6.03 Å². The van der Waals surface area contributed by atoms with E-state index < -0.39 is 29.2 Å². The number of nitrogens with zero attached hydrogens (tertiary/aromatic N) is 5. The van der Waals surface area contributed by atoms with Crippen LogP contribution in [0.5, 0.6) is 0 Å². The monoisotopic (exact) mass is 399 g/mol. The van der Waals surface area contributed by atoms with E-state index in [0.29, 0.717) is 24.3 Å². The number of hydrogen-bond donors (Lipinski definition) is 0. The van der Waals surface area contributed by atoms with Crippen LogP contribution in [-0.4, -0.2) is 63.1 Å². The maximum Gasteiger partial charge on any atom is 0.332 e. The van der Waals surface area contributed by atoms with Gasteiger partial charge in [-0.25, -0.2) is 14.1 Å². The number of amides is 4. The number of halogens is 1. The molecule has 2 fully saturated rings. The Balaban J connectivity index is 1.66. The lowest BCUT2D eigenvalue weighted by Gasteiger charge is -2.30. The lowest BCUT2D eigenvalue weighted by atomic mass is 9.92. The summed E-state index contributed by atoms with van der Waals surface area (Å²) in [5, 5.41) is 4.04. The normalized spacial score (nSPS) is 21.4. The summed E-state index contributed by atoms with van der Waals surface area (Å²) in [6.07, 6.45) is 3.12. The molecular weight excluding hydrogens is 377 g/mol. The smallest absolute Gasteiger partial charge is 0.332 e. The Morgan fingerprint density at radius 2 is 1.86 bits per heavy atom. The number of fused-ring (bicyclic) bond motifs is 1. The van der Waals surface area contributed by atoms with E-state index in [-0.39, 0.29) is 12.5 Å². The third-order valence-corrected chi connectivity index (χ3v) is 5.25. The van der Waals surface area contributed by atoms with Crippen molar-refractivity contribution in [3.05, 3.63) is 48.0 Å². The number of rotatable bonds is 2. The molecule has 8 nitrogen and oxygen atoms in total. The van der Waals surface area contributed by atoms with Crippen LogP contribution in [0.2, 0.25) is 0 Å². The van der Waals surface area contributed by atoms with Gasteiger partial charge in [-0.3, -0.25) is 14.3 Å². The highest BCUT2D eigenvalue weighted by atomic mass is 19.1. The third-order valence-electron chi connectivity index (χ3n) is 5.25. The molecule has 2 aliphatic rings. The van der Waals surface area contributed by atoms with E-state index in [1.54, 1.807) is 22.8 Å². The van der Waals surface area contributed by atoms with Gasteiger partial charge in [0.2, 0.25) is 0 Å². The van der Waals surface area contributed by atoms with Crippen LogP contribution in [0, 0.1) is 11.2 Å². The Labute approximate surface area is 167 Å². The van der Waals surface area contributed by atoms with Gasteiger partial charge in [0.25, 0.3) is 11.8 Å². The van der Waals surface area contributed by atoms with Crippen molar-refractivity contribution >= 4 is 23.5 Å². The molecule has 4 amide bonds. The van der Waals surface area contributed by atoms with Crippen LogP contribution in [0.25, 0.3) is 0 Å². The van der Waals surface area contributed by atoms with Gasteiger partial charge in [0, 0.05) is 31.7 Å². The second-order valence-corrected chi connectivity index (χ2v) is 8.33. The van der Waals surface area contributed by atoms with Crippen molar-refractivity contribution in [3.63, 3.8) is 0 Å². The van der Waals surface area contributed by atoms with E-state index >= 15 is 0 Å². The van der Waals surface area contributed by atoms with Crippen LogP contribution in [0.15, 0.2) is 36.7 Å². The molecule has 2 aliphatic heterocycles. The first kappa shape index (κ1) is 19.1. The predicted octanol–water partition coefficient (Wildman–Crippen LogP) is 1.88. The number of hydrogen-bond acceptors (Lipinski definition) is 4. The van der Waals surface area contributed by atoms with Crippen molar-refractivity contribution in [2.24, 2.45) is 12.5 Å². The zero-order valence-electron chi connectivity index (χ0n) is 16.5. The van der Waals surface area contributed by atoms with Crippen molar-refractivity contribution in [1.82, 2.24) is 19.6 Å². The summed E-state index contributed by atoms with van der Waals surface area (Å²) < 4.78 is 14.8. The molecule has 1 atom stereocenters. The molecule has 0 aliphatic carbocycles. The highest BCUT2D eigenvalue weighted by molar-refractivity contribution is 6.21. The second-order valence-electron chi connectivity index (χ2n) is 8.33. The maximum atomic E-state index is 13.3. The Kier molecular flexibility index (Phi) is 4.40. The quantitative estimate of drug-likeness (QED) is 0.723. The molecular formula is C20H22FN5O3.